The van der Waals surface area contributed by atoms with Crippen molar-refractivity contribution in [1.29, 1.82) is 0 Å². The molecule has 2 aromatic rings. The first kappa shape index (κ1) is 14.4. The summed E-state index contributed by atoms with van der Waals surface area (Å²) in [6, 6.07) is 13.1. The van der Waals surface area contributed by atoms with E-state index in [9.17, 15) is 0 Å². The number of hydrogen-bond donors (Lipinski definition) is 1. The fraction of sp³-hybridized carbons (Fsp3) is 0.294. The summed E-state index contributed by atoms with van der Waals surface area (Å²) in [6.07, 6.45) is 0. The zero-order valence-corrected chi connectivity index (χ0v) is 14.1. The van der Waals surface area contributed by atoms with Crippen molar-refractivity contribution in [2.24, 2.45) is 0 Å². The Balaban J connectivity index is 2.43. The molecule has 0 atom stereocenters. The number of hydrogen-bond acceptors (Lipinski definition) is 1. The van der Waals surface area contributed by atoms with Gasteiger partial charge in [-0.1, -0.05) is 45.0 Å². The lowest BCUT2D eigenvalue weighted by atomic mass is 9.86. The minimum atomic E-state index is 0.198. The van der Waals surface area contributed by atoms with Crippen molar-refractivity contribution in [3.63, 3.8) is 0 Å². The first-order valence-corrected chi connectivity index (χ1v) is 7.53. The largest absolute Gasteiger partial charge is 0.398 e. The molecule has 2 aromatic carbocycles. The summed E-state index contributed by atoms with van der Waals surface area (Å²) in [6.45, 7) is 8.76. The van der Waals surface area contributed by atoms with Crippen LogP contribution in [0.3, 0.4) is 0 Å². The monoisotopic (exact) mass is 365 g/mol. The number of anilines is 1. The molecule has 0 radical (unpaired) electrons. The van der Waals surface area contributed by atoms with Crippen molar-refractivity contribution in [2.75, 3.05) is 5.73 Å². The number of nitrogens with two attached hydrogens (primary N) is 1. The van der Waals surface area contributed by atoms with Crippen molar-refractivity contribution in [1.82, 2.24) is 0 Å². The number of aryl methyl sites for hydroxylation is 1. The molecule has 0 aliphatic heterocycles. The Morgan fingerprint density at radius 2 is 1.53 bits per heavy atom. The van der Waals surface area contributed by atoms with Gasteiger partial charge in [-0.25, -0.2) is 0 Å². The van der Waals surface area contributed by atoms with E-state index in [1.165, 1.54) is 16.7 Å². The third-order valence-corrected chi connectivity index (χ3v) is 4.31. The molecule has 0 fully saturated rings. The van der Waals surface area contributed by atoms with Crippen LogP contribution < -0.4 is 5.73 Å². The van der Waals surface area contributed by atoms with Crippen LogP contribution in [0.4, 0.5) is 5.69 Å². The van der Waals surface area contributed by atoms with Crippen molar-refractivity contribution >= 4 is 28.3 Å². The molecule has 0 aliphatic rings. The molecular weight excluding hydrogens is 345 g/mol. The van der Waals surface area contributed by atoms with Gasteiger partial charge in [0.2, 0.25) is 0 Å². The molecule has 1 nitrogen and oxygen atoms in total. The van der Waals surface area contributed by atoms with E-state index in [1.54, 1.807) is 0 Å². The van der Waals surface area contributed by atoms with E-state index < -0.39 is 0 Å². The molecule has 2 N–H and O–H groups in total. The summed E-state index contributed by atoms with van der Waals surface area (Å²) in [4.78, 5) is 0. The van der Waals surface area contributed by atoms with Crippen LogP contribution in [0.1, 0.15) is 31.9 Å². The van der Waals surface area contributed by atoms with Gasteiger partial charge in [0.25, 0.3) is 0 Å². The lowest BCUT2D eigenvalue weighted by molar-refractivity contribution is 0.590. The molecule has 19 heavy (non-hydrogen) atoms. The lowest BCUT2D eigenvalue weighted by Gasteiger charge is -2.19. The Kier molecular flexibility index (Phi) is 3.90. The number of halogens is 1. The van der Waals surface area contributed by atoms with E-state index >= 15 is 0 Å². The van der Waals surface area contributed by atoms with Crippen LogP contribution in [0.5, 0.6) is 0 Å². The van der Waals surface area contributed by atoms with Crippen LogP contribution in [0, 0.1) is 10.5 Å². The van der Waals surface area contributed by atoms with Crippen LogP contribution in [0.25, 0.3) is 11.1 Å². The highest BCUT2D eigenvalue weighted by Crippen LogP contribution is 2.30. The average Bonchev–Trinajstić information content (AvgIpc) is 2.34. The fourth-order valence-electron chi connectivity index (χ4n) is 2.08. The molecule has 0 saturated carbocycles. The summed E-state index contributed by atoms with van der Waals surface area (Å²) in [7, 11) is 0. The first-order valence-electron chi connectivity index (χ1n) is 6.45. The van der Waals surface area contributed by atoms with Crippen LogP contribution in [0.15, 0.2) is 36.4 Å². The summed E-state index contributed by atoms with van der Waals surface area (Å²) >= 11 is 2.30. The summed E-state index contributed by atoms with van der Waals surface area (Å²) in [5.41, 5.74) is 12.1. The summed E-state index contributed by atoms with van der Waals surface area (Å²) in [5.74, 6) is 0. The van der Waals surface area contributed by atoms with E-state index in [-0.39, 0.29) is 5.41 Å². The predicted molar refractivity (Wildman–Crippen MR) is 92.4 cm³/mol. The van der Waals surface area contributed by atoms with Crippen LogP contribution in [-0.2, 0) is 5.41 Å². The van der Waals surface area contributed by atoms with Gasteiger partial charge in [-0.05, 0) is 69.3 Å². The topological polar surface area (TPSA) is 26.0 Å². The van der Waals surface area contributed by atoms with Crippen LogP contribution in [0.2, 0.25) is 0 Å². The van der Waals surface area contributed by atoms with Gasteiger partial charge in [0.1, 0.15) is 0 Å². The zero-order chi connectivity index (χ0) is 14.2. The number of benzene rings is 2. The van der Waals surface area contributed by atoms with Crippen molar-refractivity contribution < 1.29 is 0 Å². The molecule has 0 spiro atoms. The van der Waals surface area contributed by atoms with Crippen LogP contribution in [-0.4, -0.2) is 0 Å². The SMILES string of the molecule is Cc1cc(-c2ccc(C(C)(C)C)cc2)cc(I)c1N. The highest BCUT2D eigenvalue weighted by molar-refractivity contribution is 14.1. The van der Waals surface area contributed by atoms with Crippen molar-refractivity contribution in [3.8, 4) is 11.1 Å². The quantitative estimate of drug-likeness (QED) is 0.549. The Bertz CT molecular complexity index is 569. The second kappa shape index (κ2) is 5.16. The van der Waals surface area contributed by atoms with Crippen LogP contribution >= 0.6 is 22.6 Å². The van der Waals surface area contributed by atoms with E-state index in [1.807, 2.05) is 0 Å². The van der Waals surface area contributed by atoms with Gasteiger partial charge in [-0.2, -0.15) is 0 Å². The minimum absolute atomic E-state index is 0.198. The van der Waals surface area contributed by atoms with Gasteiger partial charge in [0.05, 0.1) is 0 Å². The van der Waals surface area contributed by atoms with Gasteiger partial charge >= 0.3 is 0 Å². The Labute approximate surface area is 129 Å². The molecule has 100 valence electrons. The van der Waals surface area contributed by atoms with Gasteiger partial charge in [-0.15, -0.1) is 0 Å². The summed E-state index contributed by atoms with van der Waals surface area (Å²) in [5, 5.41) is 0. The molecule has 0 aliphatic carbocycles. The standard InChI is InChI=1S/C17H20IN/c1-11-9-13(10-15(18)16(11)19)12-5-7-14(8-6-12)17(2,3)4/h5-10H,19H2,1-4H3. The van der Waals surface area contributed by atoms with E-state index in [2.05, 4.69) is 86.7 Å². The average molecular weight is 365 g/mol. The van der Waals surface area contributed by atoms with Gasteiger partial charge in [-0.3, -0.25) is 0 Å². The second-order valence-electron chi connectivity index (χ2n) is 6.02. The molecular formula is C17H20IN. The van der Waals surface area contributed by atoms with Gasteiger partial charge < -0.3 is 5.73 Å². The molecule has 0 aromatic heterocycles. The highest BCUT2D eigenvalue weighted by atomic mass is 127. The maximum Gasteiger partial charge on any atom is 0.0479 e. The van der Waals surface area contributed by atoms with Gasteiger partial charge in [0, 0.05) is 9.26 Å². The van der Waals surface area contributed by atoms with E-state index in [4.69, 9.17) is 5.73 Å². The van der Waals surface area contributed by atoms with E-state index in [0.29, 0.717) is 0 Å². The molecule has 2 rings (SSSR count). The molecule has 2 heteroatoms. The van der Waals surface area contributed by atoms with E-state index in [0.717, 1.165) is 14.8 Å². The lowest BCUT2D eigenvalue weighted by Crippen LogP contribution is -2.10. The second-order valence-corrected chi connectivity index (χ2v) is 7.18. The van der Waals surface area contributed by atoms with Gasteiger partial charge in [0.15, 0.2) is 0 Å². The minimum Gasteiger partial charge on any atom is -0.398 e. The normalized spacial score (nSPS) is 11.6. The predicted octanol–water partition coefficient (Wildman–Crippen LogP) is 5.15. The Morgan fingerprint density at radius 1 is 0.947 bits per heavy atom. The maximum absolute atomic E-state index is 6.00. The third-order valence-electron chi connectivity index (χ3n) is 3.42. The smallest absolute Gasteiger partial charge is 0.0479 e. The molecule has 0 amide bonds. The van der Waals surface area contributed by atoms with Crippen molar-refractivity contribution in [2.45, 2.75) is 33.1 Å². The third kappa shape index (κ3) is 3.11. The first-order chi connectivity index (χ1) is 8.79. The molecule has 0 bridgehead atoms. The Hall–Kier alpha value is -1.03. The molecule has 0 heterocycles. The Morgan fingerprint density at radius 3 is 2.00 bits per heavy atom. The summed E-state index contributed by atoms with van der Waals surface area (Å²) < 4.78 is 1.12. The fourth-order valence-corrected chi connectivity index (χ4v) is 2.85. The number of rotatable bonds is 1. The molecule has 0 unspecified atom stereocenters. The van der Waals surface area contributed by atoms with Crippen molar-refractivity contribution in [3.05, 3.63) is 51.1 Å². The maximum atomic E-state index is 6.00. The number of nitrogen functional groups attached to an aromatic ring is 1. The highest BCUT2D eigenvalue weighted by Gasteiger charge is 2.13. The molecule has 0 saturated heterocycles. The zero-order valence-electron chi connectivity index (χ0n) is 11.9.